The molecule has 1 aliphatic rings. The Morgan fingerprint density at radius 1 is 1.17 bits per heavy atom. The lowest BCUT2D eigenvalue weighted by molar-refractivity contribution is 0.279. The lowest BCUT2D eigenvalue weighted by atomic mass is 9.86. The van der Waals surface area contributed by atoms with Crippen LogP contribution in [0.25, 0.3) is 10.6 Å². The molecule has 0 amide bonds. The molecule has 1 N–H and O–H groups in total. The molecule has 1 aliphatic carbocycles. The maximum atomic E-state index is 5.38. The zero-order valence-corrected chi connectivity index (χ0v) is 15.5. The Balaban J connectivity index is 1.67. The molecule has 130 valence electrons. The number of thiazole rings is 1. The van der Waals surface area contributed by atoms with Gasteiger partial charge in [-0.2, -0.15) is 0 Å². The van der Waals surface area contributed by atoms with Crippen molar-refractivity contribution < 1.29 is 9.47 Å². The molecule has 0 saturated heterocycles. The molecule has 0 bridgehead atoms. The molecule has 4 nitrogen and oxygen atoms in total. The second kappa shape index (κ2) is 7.99. The van der Waals surface area contributed by atoms with E-state index in [0.717, 1.165) is 40.2 Å². The average molecular weight is 346 g/mol. The fourth-order valence-corrected chi connectivity index (χ4v) is 4.16. The van der Waals surface area contributed by atoms with Crippen LogP contribution in [0.15, 0.2) is 23.6 Å². The maximum absolute atomic E-state index is 5.38. The summed E-state index contributed by atoms with van der Waals surface area (Å²) in [5.41, 5.74) is 2.18. The third-order valence-electron chi connectivity index (χ3n) is 4.84. The van der Waals surface area contributed by atoms with Crippen molar-refractivity contribution in [2.45, 2.75) is 45.2 Å². The van der Waals surface area contributed by atoms with Gasteiger partial charge in [-0.15, -0.1) is 11.3 Å². The summed E-state index contributed by atoms with van der Waals surface area (Å²) in [5, 5.41) is 6.86. The molecule has 1 fully saturated rings. The van der Waals surface area contributed by atoms with Crippen molar-refractivity contribution in [3.63, 3.8) is 0 Å². The maximum Gasteiger partial charge on any atom is 0.161 e. The number of hydrogen-bond donors (Lipinski definition) is 1. The number of nitrogens with zero attached hydrogens (tertiary/aromatic N) is 1. The zero-order chi connectivity index (χ0) is 16.9. The topological polar surface area (TPSA) is 43.4 Å². The first-order valence-electron chi connectivity index (χ1n) is 8.61. The molecule has 24 heavy (non-hydrogen) atoms. The van der Waals surface area contributed by atoms with Gasteiger partial charge in [-0.1, -0.05) is 19.8 Å². The second-order valence-electron chi connectivity index (χ2n) is 6.46. The van der Waals surface area contributed by atoms with Crippen LogP contribution in [0.3, 0.4) is 0 Å². The Kier molecular flexibility index (Phi) is 5.74. The second-order valence-corrected chi connectivity index (χ2v) is 7.32. The molecule has 5 heteroatoms. The van der Waals surface area contributed by atoms with E-state index in [0.29, 0.717) is 6.04 Å². The molecule has 2 aromatic rings. The number of ether oxygens (including phenoxy) is 2. The first-order chi connectivity index (χ1) is 11.7. The number of nitrogens with one attached hydrogen (secondary N) is 1. The fourth-order valence-electron chi connectivity index (χ4n) is 3.35. The highest BCUT2D eigenvalue weighted by molar-refractivity contribution is 7.13. The molecule has 1 aromatic carbocycles. The van der Waals surface area contributed by atoms with E-state index in [4.69, 9.17) is 14.5 Å². The van der Waals surface area contributed by atoms with E-state index in [-0.39, 0.29) is 0 Å². The van der Waals surface area contributed by atoms with E-state index in [1.54, 1.807) is 25.6 Å². The summed E-state index contributed by atoms with van der Waals surface area (Å²) in [6, 6.07) is 6.57. The third kappa shape index (κ3) is 3.90. The fraction of sp³-hybridized carbons (Fsp3) is 0.526. The highest BCUT2D eigenvalue weighted by Gasteiger charge is 2.20. The minimum atomic E-state index is 0.630. The SMILES string of the molecule is COc1ccc(-c2nc(CNC3CCCCC3C)cs2)cc1OC. The Morgan fingerprint density at radius 3 is 2.71 bits per heavy atom. The molecular weight excluding hydrogens is 320 g/mol. The minimum absolute atomic E-state index is 0.630. The van der Waals surface area contributed by atoms with Crippen LogP contribution in [0.4, 0.5) is 0 Å². The van der Waals surface area contributed by atoms with Crippen LogP contribution in [-0.2, 0) is 6.54 Å². The van der Waals surface area contributed by atoms with Crippen LogP contribution in [-0.4, -0.2) is 25.2 Å². The van der Waals surface area contributed by atoms with Gasteiger partial charge in [0.25, 0.3) is 0 Å². The summed E-state index contributed by atoms with van der Waals surface area (Å²) in [7, 11) is 3.31. The van der Waals surface area contributed by atoms with E-state index in [1.165, 1.54) is 25.7 Å². The normalized spacial score (nSPS) is 20.8. The number of aromatic nitrogens is 1. The summed E-state index contributed by atoms with van der Waals surface area (Å²) in [4.78, 5) is 4.78. The van der Waals surface area contributed by atoms with Crippen molar-refractivity contribution in [2.75, 3.05) is 14.2 Å². The average Bonchev–Trinajstić information content (AvgIpc) is 3.09. The molecular formula is C19H26N2O2S. The molecule has 0 aliphatic heterocycles. The molecule has 2 atom stereocenters. The molecule has 3 rings (SSSR count). The van der Waals surface area contributed by atoms with Gasteiger partial charge in [0.15, 0.2) is 11.5 Å². The van der Waals surface area contributed by atoms with Crippen LogP contribution in [0, 0.1) is 5.92 Å². The summed E-state index contributed by atoms with van der Waals surface area (Å²) in [6.45, 7) is 3.20. The van der Waals surface area contributed by atoms with Crippen molar-refractivity contribution in [3.05, 3.63) is 29.3 Å². The number of benzene rings is 1. The van der Waals surface area contributed by atoms with Gasteiger partial charge in [0.2, 0.25) is 0 Å². The van der Waals surface area contributed by atoms with Gasteiger partial charge >= 0.3 is 0 Å². The summed E-state index contributed by atoms with van der Waals surface area (Å²) < 4.78 is 10.7. The van der Waals surface area contributed by atoms with Crippen LogP contribution in [0.2, 0.25) is 0 Å². The van der Waals surface area contributed by atoms with Crippen molar-refractivity contribution in [1.29, 1.82) is 0 Å². The van der Waals surface area contributed by atoms with Gasteiger partial charge < -0.3 is 14.8 Å². The summed E-state index contributed by atoms with van der Waals surface area (Å²) >= 11 is 1.68. The molecule has 1 heterocycles. The van der Waals surface area contributed by atoms with Gasteiger partial charge in [-0.05, 0) is 37.0 Å². The quantitative estimate of drug-likeness (QED) is 0.836. The third-order valence-corrected chi connectivity index (χ3v) is 5.78. The van der Waals surface area contributed by atoms with Gasteiger partial charge in [0.05, 0.1) is 19.9 Å². The summed E-state index contributed by atoms with van der Waals surface area (Å²) in [5.74, 6) is 2.24. The largest absolute Gasteiger partial charge is 0.493 e. The van der Waals surface area contributed by atoms with Crippen molar-refractivity contribution in [2.24, 2.45) is 5.92 Å². The van der Waals surface area contributed by atoms with E-state index in [2.05, 4.69) is 17.6 Å². The van der Waals surface area contributed by atoms with Crippen molar-refractivity contribution in [1.82, 2.24) is 10.3 Å². The predicted octanol–water partition coefficient (Wildman–Crippen LogP) is 4.50. The molecule has 2 unspecified atom stereocenters. The predicted molar refractivity (Wildman–Crippen MR) is 98.9 cm³/mol. The van der Waals surface area contributed by atoms with Crippen LogP contribution in [0.1, 0.15) is 38.3 Å². The Hall–Kier alpha value is -1.59. The first kappa shape index (κ1) is 17.2. The zero-order valence-electron chi connectivity index (χ0n) is 14.7. The first-order valence-corrected chi connectivity index (χ1v) is 9.49. The molecule has 0 spiro atoms. The Labute approximate surface area is 148 Å². The van der Waals surface area contributed by atoms with Crippen molar-refractivity contribution >= 4 is 11.3 Å². The van der Waals surface area contributed by atoms with Crippen LogP contribution in [0.5, 0.6) is 11.5 Å². The number of methoxy groups -OCH3 is 2. The lowest BCUT2D eigenvalue weighted by Crippen LogP contribution is -2.36. The van der Waals surface area contributed by atoms with Gasteiger partial charge in [-0.3, -0.25) is 0 Å². The highest BCUT2D eigenvalue weighted by atomic mass is 32.1. The smallest absolute Gasteiger partial charge is 0.161 e. The minimum Gasteiger partial charge on any atom is -0.493 e. The lowest BCUT2D eigenvalue weighted by Gasteiger charge is -2.29. The van der Waals surface area contributed by atoms with Crippen LogP contribution < -0.4 is 14.8 Å². The van der Waals surface area contributed by atoms with Gasteiger partial charge in [-0.25, -0.2) is 4.98 Å². The number of hydrogen-bond acceptors (Lipinski definition) is 5. The molecule has 1 saturated carbocycles. The summed E-state index contributed by atoms with van der Waals surface area (Å²) in [6.07, 6.45) is 5.34. The van der Waals surface area contributed by atoms with Crippen molar-refractivity contribution in [3.8, 4) is 22.1 Å². The highest BCUT2D eigenvalue weighted by Crippen LogP contribution is 2.33. The molecule has 1 aromatic heterocycles. The van der Waals surface area contributed by atoms with E-state index >= 15 is 0 Å². The Bertz CT molecular complexity index is 671. The Morgan fingerprint density at radius 2 is 1.96 bits per heavy atom. The monoisotopic (exact) mass is 346 g/mol. The van der Waals surface area contributed by atoms with E-state index < -0.39 is 0 Å². The van der Waals surface area contributed by atoms with Gasteiger partial charge in [0.1, 0.15) is 5.01 Å². The van der Waals surface area contributed by atoms with E-state index in [9.17, 15) is 0 Å². The number of rotatable bonds is 6. The van der Waals surface area contributed by atoms with Gasteiger partial charge in [0, 0.05) is 23.5 Å². The molecule has 0 radical (unpaired) electrons. The standard InChI is InChI=1S/C19H26N2O2S/c1-13-6-4-5-7-16(13)20-11-15-12-24-19(21-15)14-8-9-17(22-2)18(10-14)23-3/h8-10,12-13,16,20H,4-7,11H2,1-3H3. The van der Waals surface area contributed by atoms with E-state index in [1.807, 2.05) is 18.2 Å². The van der Waals surface area contributed by atoms with Crippen LogP contribution >= 0.6 is 11.3 Å².